The molecule has 0 saturated heterocycles. The van der Waals surface area contributed by atoms with Gasteiger partial charge >= 0.3 is 0 Å². The van der Waals surface area contributed by atoms with E-state index in [1.165, 1.54) is 22.4 Å². The Hall–Kier alpha value is -1.31. The lowest BCUT2D eigenvalue weighted by Crippen LogP contribution is -2.08. The van der Waals surface area contributed by atoms with E-state index in [9.17, 15) is 0 Å². The van der Waals surface area contributed by atoms with Crippen LogP contribution in [-0.2, 0) is 6.54 Å². The van der Waals surface area contributed by atoms with E-state index in [2.05, 4.69) is 43.2 Å². The zero-order valence-corrected chi connectivity index (χ0v) is 8.96. The molecule has 14 heavy (non-hydrogen) atoms. The Balaban J connectivity index is 2.52. The molecule has 1 aromatic carbocycles. The summed E-state index contributed by atoms with van der Waals surface area (Å²) in [5.74, 6) is 0.589. The maximum atomic E-state index is 4.24. The van der Waals surface area contributed by atoms with Crippen molar-refractivity contribution in [1.82, 2.24) is 0 Å². The third-order valence-electron chi connectivity index (χ3n) is 2.82. The SMILES string of the molecule is Cc1c(C(C)C)ccc2c1CN=CN2. The van der Waals surface area contributed by atoms with E-state index in [4.69, 9.17) is 0 Å². The summed E-state index contributed by atoms with van der Waals surface area (Å²) in [7, 11) is 0. The average molecular weight is 188 g/mol. The molecule has 0 aromatic heterocycles. The summed E-state index contributed by atoms with van der Waals surface area (Å²) in [5, 5.41) is 3.18. The zero-order chi connectivity index (χ0) is 10.1. The van der Waals surface area contributed by atoms with Crippen molar-refractivity contribution < 1.29 is 0 Å². The van der Waals surface area contributed by atoms with Crippen molar-refractivity contribution >= 4 is 12.0 Å². The molecule has 2 nitrogen and oxygen atoms in total. The van der Waals surface area contributed by atoms with Crippen LogP contribution in [0, 0.1) is 6.92 Å². The van der Waals surface area contributed by atoms with Crippen LogP contribution < -0.4 is 5.32 Å². The van der Waals surface area contributed by atoms with Gasteiger partial charge in [-0.25, -0.2) is 0 Å². The fourth-order valence-electron chi connectivity index (χ4n) is 1.99. The molecule has 1 aliphatic heterocycles. The summed E-state index contributed by atoms with van der Waals surface area (Å²) in [4.78, 5) is 4.24. The van der Waals surface area contributed by atoms with Crippen LogP contribution in [0.5, 0.6) is 0 Å². The van der Waals surface area contributed by atoms with Crippen LogP contribution in [-0.4, -0.2) is 6.34 Å². The minimum absolute atomic E-state index is 0.589. The number of hydrogen-bond acceptors (Lipinski definition) is 2. The van der Waals surface area contributed by atoms with E-state index < -0.39 is 0 Å². The number of nitrogens with one attached hydrogen (secondary N) is 1. The number of hydrogen-bond donors (Lipinski definition) is 1. The first-order valence-corrected chi connectivity index (χ1v) is 5.07. The standard InChI is InChI=1S/C12H16N2/c1-8(2)10-4-5-12-11(9(10)3)6-13-7-14-12/h4-5,7-8H,6H2,1-3H3,(H,13,14). The smallest absolute Gasteiger partial charge is 0.0872 e. The topological polar surface area (TPSA) is 24.4 Å². The summed E-state index contributed by atoms with van der Waals surface area (Å²) in [5.41, 5.74) is 5.38. The number of fused-ring (bicyclic) bond motifs is 1. The Morgan fingerprint density at radius 2 is 2.14 bits per heavy atom. The van der Waals surface area contributed by atoms with Crippen LogP contribution in [0.2, 0.25) is 0 Å². The third kappa shape index (κ3) is 1.41. The van der Waals surface area contributed by atoms with Crippen molar-refractivity contribution in [2.24, 2.45) is 4.99 Å². The molecule has 1 aromatic rings. The van der Waals surface area contributed by atoms with Gasteiger partial charge in [0.15, 0.2) is 0 Å². The molecule has 0 radical (unpaired) electrons. The molecule has 2 rings (SSSR count). The second kappa shape index (κ2) is 3.45. The molecule has 1 N–H and O–H groups in total. The normalized spacial score (nSPS) is 14.0. The monoisotopic (exact) mass is 188 g/mol. The molecule has 0 bridgehead atoms. The lowest BCUT2D eigenvalue weighted by molar-refractivity contribution is 0.848. The highest BCUT2D eigenvalue weighted by molar-refractivity contribution is 5.80. The van der Waals surface area contributed by atoms with Crippen molar-refractivity contribution in [2.45, 2.75) is 33.2 Å². The number of rotatable bonds is 1. The first-order valence-electron chi connectivity index (χ1n) is 5.07. The quantitative estimate of drug-likeness (QED) is 0.719. The number of benzene rings is 1. The largest absolute Gasteiger partial charge is 0.346 e. The zero-order valence-electron chi connectivity index (χ0n) is 8.96. The fraction of sp³-hybridized carbons (Fsp3) is 0.417. The molecule has 1 aliphatic rings. The molecule has 0 saturated carbocycles. The van der Waals surface area contributed by atoms with E-state index in [1.807, 2.05) is 0 Å². The van der Waals surface area contributed by atoms with Crippen molar-refractivity contribution in [3.8, 4) is 0 Å². The summed E-state index contributed by atoms with van der Waals surface area (Å²) in [6.45, 7) is 7.47. The Kier molecular flexibility index (Phi) is 2.28. The molecule has 0 atom stereocenters. The summed E-state index contributed by atoms with van der Waals surface area (Å²) < 4.78 is 0. The first-order chi connectivity index (χ1) is 6.70. The lowest BCUT2D eigenvalue weighted by Gasteiger charge is -2.19. The van der Waals surface area contributed by atoms with Gasteiger partial charge in [0.2, 0.25) is 0 Å². The van der Waals surface area contributed by atoms with E-state index in [0.29, 0.717) is 5.92 Å². The molecule has 1 heterocycles. The first kappa shape index (κ1) is 9.25. The Bertz CT molecular complexity index is 378. The Morgan fingerprint density at radius 3 is 2.86 bits per heavy atom. The molecule has 0 amide bonds. The van der Waals surface area contributed by atoms with E-state index in [-0.39, 0.29) is 0 Å². The highest BCUT2D eigenvalue weighted by Crippen LogP contribution is 2.29. The van der Waals surface area contributed by atoms with Crippen LogP contribution in [0.15, 0.2) is 17.1 Å². The van der Waals surface area contributed by atoms with Crippen LogP contribution in [0.1, 0.15) is 36.5 Å². The molecule has 74 valence electrons. The van der Waals surface area contributed by atoms with Gasteiger partial charge in [0.05, 0.1) is 12.9 Å². The van der Waals surface area contributed by atoms with Gasteiger partial charge in [0.1, 0.15) is 0 Å². The highest BCUT2D eigenvalue weighted by atomic mass is 15.0. The Labute approximate surface area is 85.1 Å². The minimum Gasteiger partial charge on any atom is -0.346 e. The van der Waals surface area contributed by atoms with Crippen LogP contribution in [0.25, 0.3) is 0 Å². The second-order valence-corrected chi connectivity index (χ2v) is 4.07. The van der Waals surface area contributed by atoms with Gasteiger partial charge in [-0.1, -0.05) is 19.9 Å². The molecule has 2 heteroatoms. The van der Waals surface area contributed by atoms with E-state index >= 15 is 0 Å². The highest BCUT2D eigenvalue weighted by Gasteiger charge is 2.12. The molecular weight excluding hydrogens is 172 g/mol. The molecule has 0 fully saturated rings. The Morgan fingerprint density at radius 1 is 1.36 bits per heavy atom. The molecule has 0 aliphatic carbocycles. The van der Waals surface area contributed by atoms with Crippen molar-refractivity contribution in [1.29, 1.82) is 0 Å². The number of nitrogens with zero attached hydrogens (tertiary/aromatic N) is 1. The predicted octanol–water partition coefficient (Wildman–Crippen LogP) is 3.07. The van der Waals surface area contributed by atoms with Crippen molar-refractivity contribution in [3.05, 3.63) is 28.8 Å². The number of aliphatic imine (C=N–C) groups is 1. The van der Waals surface area contributed by atoms with Crippen molar-refractivity contribution in [2.75, 3.05) is 5.32 Å². The van der Waals surface area contributed by atoms with Gasteiger partial charge in [-0.3, -0.25) is 4.99 Å². The van der Waals surface area contributed by atoms with E-state index in [1.54, 1.807) is 6.34 Å². The van der Waals surface area contributed by atoms with Crippen LogP contribution in [0.4, 0.5) is 5.69 Å². The third-order valence-corrected chi connectivity index (χ3v) is 2.82. The molecular formula is C12H16N2. The van der Waals surface area contributed by atoms with Gasteiger partial charge in [0, 0.05) is 11.3 Å². The number of anilines is 1. The second-order valence-electron chi connectivity index (χ2n) is 4.07. The predicted molar refractivity (Wildman–Crippen MR) is 61.1 cm³/mol. The van der Waals surface area contributed by atoms with Crippen LogP contribution >= 0.6 is 0 Å². The van der Waals surface area contributed by atoms with Gasteiger partial charge in [-0.05, 0) is 30.0 Å². The van der Waals surface area contributed by atoms with Gasteiger partial charge < -0.3 is 5.32 Å². The maximum absolute atomic E-state index is 4.24. The average Bonchev–Trinajstić information content (AvgIpc) is 2.18. The van der Waals surface area contributed by atoms with Gasteiger partial charge in [-0.2, -0.15) is 0 Å². The van der Waals surface area contributed by atoms with Gasteiger partial charge in [0.25, 0.3) is 0 Å². The van der Waals surface area contributed by atoms with Crippen molar-refractivity contribution in [3.63, 3.8) is 0 Å². The fourth-order valence-corrected chi connectivity index (χ4v) is 1.99. The maximum Gasteiger partial charge on any atom is 0.0872 e. The summed E-state index contributed by atoms with van der Waals surface area (Å²) >= 11 is 0. The van der Waals surface area contributed by atoms with E-state index in [0.717, 1.165) is 6.54 Å². The summed E-state index contributed by atoms with van der Waals surface area (Å²) in [6.07, 6.45) is 1.77. The minimum atomic E-state index is 0.589. The lowest BCUT2D eigenvalue weighted by atomic mass is 9.93. The molecule has 0 spiro atoms. The van der Waals surface area contributed by atoms with Crippen LogP contribution in [0.3, 0.4) is 0 Å². The summed E-state index contributed by atoms with van der Waals surface area (Å²) in [6, 6.07) is 4.37. The molecule has 0 unspecified atom stereocenters. The van der Waals surface area contributed by atoms with Gasteiger partial charge in [-0.15, -0.1) is 0 Å².